The summed E-state index contributed by atoms with van der Waals surface area (Å²) in [6.07, 6.45) is 0.663. The van der Waals surface area contributed by atoms with Crippen molar-refractivity contribution in [3.05, 3.63) is 59.2 Å². The number of carbonyl (C=O) groups excluding carboxylic acids is 1. The molecule has 2 amide bonds. The Kier molecular flexibility index (Phi) is 6.84. The molecule has 2 aromatic rings. The summed E-state index contributed by atoms with van der Waals surface area (Å²) in [6.45, 7) is 2.74. The van der Waals surface area contributed by atoms with E-state index < -0.39 is 6.03 Å². The fourth-order valence-corrected chi connectivity index (χ4v) is 2.18. The van der Waals surface area contributed by atoms with Crippen molar-refractivity contribution in [3.63, 3.8) is 0 Å². The summed E-state index contributed by atoms with van der Waals surface area (Å²) in [5, 5.41) is 20.7. The Bertz CT molecular complexity index is 837. The maximum absolute atomic E-state index is 11.8. The zero-order chi connectivity index (χ0) is 18.8. The van der Waals surface area contributed by atoms with Gasteiger partial charge in [-0.3, -0.25) is 10.9 Å². The van der Waals surface area contributed by atoms with Crippen LogP contribution in [-0.2, 0) is 0 Å². The Labute approximate surface area is 152 Å². The summed E-state index contributed by atoms with van der Waals surface area (Å²) in [4.78, 5) is 11.8. The molecule has 7 nitrogen and oxygen atoms in total. The lowest BCUT2D eigenvalue weighted by atomic mass is 10.0. The van der Waals surface area contributed by atoms with Crippen molar-refractivity contribution in [2.45, 2.75) is 13.3 Å². The SMILES string of the molecule is Cc1cc(C#N)c(C#N)cc1NNC(=O)NCCCOc1ccccc1. The molecule has 0 aliphatic carbocycles. The highest BCUT2D eigenvalue weighted by atomic mass is 16.5. The molecule has 3 N–H and O–H groups in total. The molecule has 0 saturated heterocycles. The zero-order valence-electron chi connectivity index (χ0n) is 14.4. The second-order valence-electron chi connectivity index (χ2n) is 5.46. The van der Waals surface area contributed by atoms with Crippen molar-refractivity contribution >= 4 is 11.7 Å². The standard InChI is InChI=1S/C19H19N5O2/c1-14-10-15(12-20)16(13-21)11-18(14)23-24-19(25)22-8-5-9-26-17-6-3-2-4-7-17/h2-4,6-7,10-11,23H,5,8-9H2,1H3,(H2,22,24,25). The molecule has 132 valence electrons. The Morgan fingerprint density at radius 1 is 1.12 bits per heavy atom. The van der Waals surface area contributed by atoms with Crippen LogP contribution in [0.5, 0.6) is 5.75 Å². The minimum atomic E-state index is -0.396. The van der Waals surface area contributed by atoms with Crippen LogP contribution >= 0.6 is 0 Å². The molecule has 26 heavy (non-hydrogen) atoms. The van der Waals surface area contributed by atoms with Gasteiger partial charge in [-0.05, 0) is 43.2 Å². The number of hydrogen-bond acceptors (Lipinski definition) is 5. The van der Waals surface area contributed by atoms with E-state index in [1.165, 1.54) is 6.07 Å². The van der Waals surface area contributed by atoms with Crippen LogP contribution in [0, 0.1) is 29.6 Å². The molecule has 2 rings (SSSR count). The quantitative estimate of drug-likeness (QED) is 0.526. The topological polar surface area (TPSA) is 110 Å². The number of hydrogen-bond donors (Lipinski definition) is 3. The van der Waals surface area contributed by atoms with Gasteiger partial charge in [0.2, 0.25) is 0 Å². The Morgan fingerprint density at radius 2 is 1.81 bits per heavy atom. The Morgan fingerprint density at radius 3 is 2.50 bits per heavy atom. The minimum Gasteiger partial charge on any atom is -0.494 e. The zero-order valence-corrected chi connectivity index (χ0v) is 14.4. The summed E-state index contributed by atoms with van der Waals surface area (Å²) in [7, 11) is 0. The van der Waals surface area contributed by atoms with E-state index in [0.717, 1.165) is 11.3 Å². The van der Waals surface area contributed by atoms with Crippen LogP contribution in [0.2, 0.25) is 0 Å². The van der Waals surface area contributed by atoms with Crippen LogP contribution in [0.15, 0.2) is 42.5 Å². The predicted octanol–water partition coefficient (Wildman–Crippen LogP) is 2.83. The highest BCUT2D eigenvalue weighted by Gasteiger charge is 2.08. The minimum absolute atomic E-state index is 0.251. The molecule has 0 aliphatic heterocycles. The molecule has 0 aromatic heterocycles. The number of ether oxygens (including phenoxy) is 1. The number of urea groups is 1. The average molecular weight is 349 g/mol. The summed E-state index contributed by atoms with van der Waals surface area (Å²) in [5.41, 5.74) is 7.12. The van der Waals surface area contributed by atoms with E-state index in [2.05, 4.69) is 16.2 Å². The summed E-state index contributed by atoms with van der Waals surface area (Å²) in [6, 6.07) is 16.1. The summed E-state index contributed by atoms with van der Waals surface area (Å²) < 4.78 is 5.54. The van der Waals surface area contributed by atoms with E-state index in [0.29, 0.717) is 30.8 Å². The number of nitrogens with one attached hydrogen (secondary N) is 3. The van der Waals surface area contributed by atoms with Crippen molar-refractivity contribution in [3.8, 4) is 17.9 Å². The normalized spacial score (nSPS) is 9.50. The van der Waals surface area contributed by atoms with E-state index in [1.807, 2.05) is 42.5 Å². The van der Waals surface area contributed by atoms with Gasteiger partial charge in [-0.25, -0.2) is 4.79 Å². The molecule has 2 aromatic carbocycles. The molecule has 0 fully saturated rings. The number of anilines is 1. The molecular formula is C19H19N5O2. The third-order valence-corrected chi connectivity index (χ3v) is 3.53. The molecular weight excluding hydrogens is 330 g/mol. The van der Waals surface area contributed by atoms with Crippen LogP contribution in [-0.4, -0.2) is 19.2 Å². The lowest BCUT2D eigenvalue weighted by molar-refractivity contribution is 0.241. The fraction of sp³-hybridized carbons (Fsp3) is 0.211. The number of nitriles is 2. The largest absolute Gasteiger partial charge is 0.494 e. The van der Waals surface area contributed by atoms with Gasteiger partial charge in [-0.2, -0.15) is 10.5 Å². The van der Waals surface area contributed by atoms with Gasteiger partial charge in [-0.15, -0.1) is 0 Å². The molecule has 0 aliphatic rings. The lowest BCUT2D eigenvalue weighted by Gasteiger charge is -2.13. The number of benzene rings is 2. The maximum atomic E-state index is 11.8. The molecule has 0 saturated carbocycles. The fourth-order valence-electron chi connectivity index (χ4n) is 2.18. The van der Waals surface area contributed by atoms with Crippen molar-refractivity contribution in [2.24, 2.45) is 0 Å². The number of carbonyl (C=O) groups is 1. The summed E-state index contributed by atoms with van der Waals surface area (Å²) >= 11 is 0. The van der Waals surface area contributed by atoms with Gasteiger partial charge in [0, 0.05) is 6.54 Å². The van der Waals surface area contributed by atoms with Gasteiger partial charge < -0.3 is 10.1 Å². The highest BCUT2D eigenvalue weighted by molar-refractivity contribution is 5.76. The number of rotatable bonds is 7. The Hall–Kier alpha value is -3.71. The van der Waals surface area contributed by atoms with Crippen molar-refractivity contribution in [1.29, 1.82) is 10.5 Å². The first kappa shape index (κ1) is 18.6. The van der Waals surface area contributed by atoms with Crippen LogP contribution in [0.3, 0.4) is 0 Å². The summed E-state index contributed by atoms with van der Waals surface area (Å²) in [5.74, 6) is 0.795. The number of hydrazine groups is 1. The number of para-hydroxylation sites is 1. The molecule has 7 heteroatoms. The highest BCUT2D eigenvalue weighted by Crippen LogP contribution is 2.19. The van der Waals surface area contributed by atoms with Gasteiger partial charge in [0.15, 0.2) is 0 Å². The molecule has 0 spiro atoms. The van der Waals surface area contributed by atoms with Crippen molar-refractivity contribution in [2.75, 3.05) is 18.6 Å². The smallest absolute Gasteiger partial charge is 0.333 e. The third kappa shape index (κ3) is 5.43. The molecule has 0 atom stereocenters. The van der Waals surface area contributed by atoms with E-state index in [9.17, 15) is 4.79 Å². The second kappa shape index (κ2) is 9.55. The van der Waals surface area contributed by atoms with Crippen LogP contribution in [0.4, 0.5) is 10.5 Å². The van der Waals surface area contributed by atoms with Gasteiger partial charge in [0.05, 0.1) is 23.4 Å². The van der Waals surface area contributed by atoms with Gasteiger partial charge in [0.1, 0.15) is 17.9 Å². The Balaban J connectivity index is 1.72. The van der Waals surface area contributed by atoms with E-state index in [1.54, 1.807) is 13.0 Å². The number of aryl methyl sites for hydroxylation is 1. The van der Waals surface area contributed by atoms with E-state index in [4.69, 9.17) is 15.3 Å². The maximum Gasteiger partial charge on any atom is 0.333 e. The molecule has 0 heterocycles. The van der Waals surface area contributed by atoms with Crippen molar-refractivity contribution in [1.82, 2.24) is 10.7 Å². The first-order valence-electron chi connectivity index (χ1n) is 8.06. The first-order chi connectivity index (χ1) is 12.6. The van der Waals surface area contributed by atoms with Crippen LogP contribution in [0.25, 0.3) is 0 Å². The van der Waals surface area contributed by atoms with Gasteiger partial charge in [-0.1, -0.05) is 18.2 Å². The van der Waals surface area contributed by atoms with Crippen LogP contribution in [0.1, 0.15) is 23.1 Å². The van der Waals surface area contributed by atoms with Crippen LogP contribution < -0.4 is 20.9 Å². The van der Waals surface area contributed by atoms with Gasteiger partial charge in [0.25, 0.3) is 0 Å². The molecule has 0 bridgehead atoms. The molecule has 0 radical (unpaired) electrons. The third-order valence-electron chi connectivity index (χ3n) is 3.53. The molecule has 0 unspecified atom stereocenters. The number of amides is 2. The lowest BCUT2D eigenvalue weighted by Crippen LogP contribution is -2.39. The second-order valence-corrected chi connectivity index (χ2v) is 5.46. The average Bonchev–Trinajstić information content (AvgIpc) is 2.67. The van der Waals surface area contributed by atoms with E-state index >= 15 is 0 Å². The van der Waals surface area contributed by atoms with Gasteiger partial charge >= 0.3 is 6.03 Å². The predicted molar refractivity (Wildman–Crippen MR) is 97.3 cm³/mol. The van der Waals surface area contributed by atoms with Crippen molar-refractivity contribution < 1.29 is 9.53 Å². The number of nitrogens with zero attached hydrogens (tertiary/aromatic N) is 2. The first-order valence-corrected chi connectivity index (χ1v) is 8.06. The monoisotopic (exact) mass is 349 g/mol. The van der Waals surface area contributed by atoms with E-state index in [-0.39, 0.29) is 5.56 Å².